The van der Waals surface area contributed by atoms with Crippen LogP contribution in [0.2, 0.25) is 0 Å². The predicted octanol–water partition coefficient (Wildman–Crippen LogP) is -0.351. The molecule has 0 aromatic rings. The Morgan fingerprint density at radius 2 is 2.00 bits per heavy atom. The van der Waals surface area contributed by atoms with Gasteiger partial charge in [0.2, 0.25) is 0 Å². The molecule has 0 unspecified atom stereocenters. The summed E-state index contributed by atoms with van der Waals surface area (Å²) in [6.45, 7) is 0.523. The highest BCUT2D eigenvalue weighted by atomic mass is 17.1. The van der Waals surface area contributed by atoms with Crippen molar-refractivity contribution in [3.63, 3.8) is 0 Å². The number of esters is 1. The number of carbonyl (C=O) groups is 1. The monoisotopic (exact) mass is 354 g/mol. The first-order valence-corrected chi connectivity index (χ1v) is 7.54. The van der Waals surface area contributed by atoms with Gasteiger partial charge in [0.05, 0.1) is 23.5 Å². The van der Waals surface area contributed by atoms with Crippen molar-refractivity contribution in [1.82, 2.24) is 10.8 Å². The third kappa shape index (κ3) is 6.18. The molecule has 2 aliphatic heterocycles. The highest BCUT2D eigenvalue weighted by molar-refractivity contribution is 5.69. The van der Waals surface area contributed by atoms with Crippen LogP contribution in [0, 0.1) is 0 Å². The van der Waals surface area contributed by atoms with Crippen LogP contribution in [0.3, 0.4) is 0 Å². The molecule has 12 nitrogen and oxygen atoms in total. The summed E-state index contributed by atoms with van der Waals surface area (Å²) in [5.41, 5.74) is 0. The van der Waals surface area contributed by atoms with Crippen LogP contribution in [-0.2, 0) is 28.7 Å². The van der Waals surface area contributed by atoms with Gasteiger partial charge < -0.3 is 14.2 Å². The van der Waals surface area contributed by atoms with Gasteiger partial charge in [-0.05, 0) is 19.3 Å². The predicted molar refractivity (Wildman–Crippen MR) is 69.5 cm³/mol. The molecular weight excluding hydrogens is 332 g/mol. The highest BCUT2D eigenvalue weighted by Gasteiger charge is 2.43. The summed E-state index contributed by atoms with van der Waals surface area (Å²) < 4.78 is 16.3. The molecule has 140 valence electrons. The topological polar surface area (TPSA) is 151 Å². The normalized spacial score (nSPS) is 27.7. The van der Waals surface area contributed by atoms with Crippen molar-refractivity contribution in [3.05, 3.63) is 0 Å². The van der Waals surface area contributed by atoms with E-state index in [2.05, 4.69) is 9.68 Å². The van der Waals surface area contributed by atoms with Gasteiger partial charge in [0.15, 0.2) is 6.10 Å². The van der Waals surface area contributed by atoms with E-state index >= 15 is 0 Å². The van der Waals surface area contributed by atoms with E-state index in [0.717, 1.165) is 6.42 Å². The molecule has 12 heteroatoms. The van der Waals surface area contributed by atoms with Crippen molar-refractivity contribution in [2.75, 3.05) is 19.8 Å². The zero-order valence-electron chi connectivity index (χ0n) is 12.9. The van der Waals surface area contributed by atoms with Crippen LogP contribution in [0.5, 0.6) is 0 Å². The van der Waals surface area contributed by atoms with Crippen LogP contribution in [-0.4, -0.2) is 81.8 Å². The number of rotatable bonds is 10. The molecule has 0 aliphatic carbocycles. The lowest BCUT2D eigenvalue weighted by molar-refractivity contribution is -0.527. The van der Waals surface area contributed by atoms with Crippen molar-refractivity contribution in [2.45, 2.75) is 50.1 Å². The van der Waals surface area contributed by atoms with Crippen molar-refractivity contribution < 1.29 is 49.5 Å². The van der Waals surface area contributed by atoms with E-state index in [4.69, 9.17) is 35.0 Å². The maximum Gasteiger partial charge on any atom is 0.306 e. The molecule has 2 saturated heterocycles. The lowest BCUT2D eigenvalue weighted by Crippen LogP contribution is -2.32. The summed E-state index contributed by atoms with van der Waals surface area (Å²) in [6.07, 6.45) is -0.246. The van der Waals surface area contributed by atoms with Crippen molar-refractivity contribution in [2.24, 2.45) is 0 Å². The van der Waals surface area contributed by atoms with Gasteiger partial charge in [0, 0.05) is 13.0 Å². The van der Waals surface area contributed by atoms with E-state index in [1.165, 1.54) is 0 Å². The van der Waals surface area contributed by atoms with Gasteiger partial charge in [-0.25, -0.2) is 9.68 Å². The summed E-state index contributed by atoms with van der Waals surface area (Å²) in [6, 6.07) is 0. The van der Waals surface area contributed by atoms with Crippen molar-refractivity contribution in [3.8, 4) is 0 Å². The average molecular weight is 354 g/mol. The Morgan fingerprint density at radius 1 is 1.21 bits per heavy atom. The number of hydrogen-bond donors (Lipinski definition) is 4. The Bertz CT molecular complexity index is 396. The quantitative estimate of drug-likeness (QED) is 0.300. The fourth-order valence-electron chi connectivity index (χ4n) is 2.68. The molecule has 4 N–H and O–H groups in total. The lowest BCUT2D eigenvalue weighted by atomic mass is 10.1. The minimum Gasteiger partial charge on any atom is -0.457 e. The number of nitrogens with zero attached hydrogens (tertiary/aromatic N) is 2. The Balaban J connectivity index is 1.66. The zero-order chi connectivity index (χ0) is 17.5. The Morgan fingerprint density at radius 3 is 2.71 bits per heavy atom. The van der Waals surface area contributed by atoms with Gasteiger partial charge in [-0.15, -0.1) is 0 Å². The SMILES string of the molecule is O=C(CCC[C@H](CON(O)O)ON(O)O)O[C@@H]1CO[C@@H]2CCO[C@@H]21. The van der Waals surface area contributed by atoms with E-state index in [1.807, 2.05) is 0 Å². The van der Waals surface area contributed by atoms with E-state index in [9.17, 15) is 4.79 Å². The van der Waals surface area contributed by atoms with Crippen molar-refractivity contribution in [1.29, 1.82) is 0 Å². The van der Waals surface area contributed by atoms with Crippen LogP contribution < -0.4 is 0 Å². The molecule has 24 heavy (non-hydrogen) atoms. The van der Waals surface area contributed by atoms with Crippen LogP contribution in [0.4, 0.5) is 0 Å². The van der Waals surface area contributed by atoms with E-state index < -0.39 is 29.0 Å². The third-order valence-electron chi connectivity index (χ3n) is 3.73. The molecule has 2 aliphatic rings. The zero-order valence-corrected chi connectivity index (χ0v) is 12.9. The van der Waals surface area contributed by atoms with Crippen LogP contribution >= 0.6 is 0 Å². The molecule has 0 spiro atoms. The fraction of sp³-hybridized carbons (Fsp3) is 0.917. The van der Waals surface area contributed by atoms with Gasteiger partial charge in [0.1, 0.15) is 18.8 Å². The first-order valence-electron chi connectivity index (χ1n) is 7.54. The van der Waals surface area contributed by atoms with Crippen molar-refractivity contribution >= 4 is 5.97 Å². The Labute approximate surface area is 137 Å². The van der Waals surface area contributed by atoms with E-state index in [0.29, 0.717) is 19.6 Å². The van der Waals surface area contributed by atoms with Crippen LogP contribution in [0.25, 0.3) is 0 Å². The summed E-state index contributed by atoms with van der Waals surface area (Å²) in [4.78, 5) is 20.7. The molecule has 2 rings (SSSR count). The van der Waals surface area contributed by atoms with Crippen LogP contribution in [0.1, 0.15) is 25.7 Å². The molecule has 2 heterocycles. The molecule has 0 aromatic heterocycles. The smallest absolute Gasteiger partial charge is 0.306 e. The third-order valence-corrected chi connectivity index (χ3v) is 3.73. The van der Waals surface area contributed by atoms with Gasteiger partial charge >= 0.3 is 5.97 Å². The summed E-state index contributed by atoms with van der Waals surface area (Å²) in [5.74, 6) is -0.435. The number of carbonyl (C=O) groups excluding carboxylic acids is 1. The highest BCUT2D eigenvalue weighted by Crippen LogP contribution is 2.28. The van der Waals surface area contributed by atoms with Gasteiger partial charge in [-0.2, -0.15) is 0 Å². The molecule has 4 atom stereocenters. The van der Waals surface area contributed by atoms with Gasteiger partial charge in [0.25, 0.3) is 0 Å². The van der Waals surface area contributed by atoms with Gasteiger partial charge in [-0.3, -0.25) is 25.6 Å². The number of hydrogen-bond acceptors (Lipinski definition) is 12. The number of ether oxygens (including phenoxy) is 3. The summed E-state index contributed by atoms with van der Waals surface area (Å²) in [5, 5.41) is 33.1. The van der Waals surface area contributed by atoms with Crippen LogP contribution in [0.15, 0.2) is 0 Å². The second-order valence-electron chi connectivity index (χ2n) is 5.45. The maximum atomic E-state index is 11.9. The molecule has 0 aromatic carbocycles. The first kappa shape index (κ1) is 19.4. The first-order chi connectivity index (χ1) is 11.5. The Kier molecular flexibility index (Phi) is 7.70. The molecule has 2 fully saturated rings. The second-order valence-corrected chi connectivity index (χ2v) is 5.45. The molecule has 0 saturated carbocycles. The Hall–Kier alpha value is -0.930. The number of fused-ring (bicyclic) bond motifs is 1. The van der Waals surface area contributed by atoms with E-state index in [-0.39, 0.29) is 31.7 Å². The minimum absolute atomic E-state index is 0.0160. The largest absolute Gasteiger partial charge is 0.457 e. The fourth-order valence-corrected chi connectivity index (χ4v) is 2.68. The summed E-state index contributed by atoms with van der Waals surface area (Å²) in [7, 11) is 0. The lowest BCUT2D eigenvalue weighted by Gasteiger charge is -2.19. The minimum atomic E-state index is -0.924. The molecule has 0 bridgehead atoms. The van der Waals surface area contributed by atoms with E-state index in [1.54, 1.807) is 0 Å². The standard InChI is InChI=1S/C12H22N2O10/c15-11(23-10-7-21-9-4-5-20-12(9)10)3-1-2-8(24-14(18)19)6-22-13(16)17/h8-10,12,16-19H,1-7H2/t8-,9-,10-,12+/m1/s1. The summed E-state index contributed by atoms with van der Waals surface area (Å²) >= 11 is 0. The van der Waals surface area contributed by atoms with Gasteiger partial charge in [-0.1, -0.05) is 0 Å². The average Bonchev–Trinajstić information content (AvgIpc) is 3.09. The second kappa shape index (κ2) is 9.53. The maximum absolute atomic E-state index is 11.9. The molecule has 0 radical (unpaired) electrons. The molecular formula is C12H22N2O10. The molecule has 0 amide bonds.